The van der Waals surface area contributed by atoms with Gasteiger partial charge < -0.3 is 14.5 Å². The Labute approximate surface area is 152 Å². The first-order valence-electron chi connectivity index (χ1n) is 7.91. The van der Waals surface area contributed by atoms with Gasteiger partial charge in [-0.2, -0.15) is 0 Å². The van der Waals surface area contributed by atoms with Crippen molar-refractivity contribution in [2.24, 2.45) is 0 Å². The summed E-state index contributed by atoms with van der Waals surface area (Å²) in [7, 11) is 2.98. The maximum absolute atomic E-state index is 12.5. The first-order chi connectivity index (χ1) is 11.9. The zero-order valence-corrected chi connectivity index (χ0v) is 16.0. The highest BCUT2D eigenvalue weighted by molar-refractivity contribution is 7.99. The maximum atomic E-state index is 12.5. The molecule has 1 N–H and O–H groups in total. The molecule has 0 aliphatic carbocycles. The van der Waals surface area contributed by atoms with Gasteiger partial charge in [0.05, 0.1) is 31.2 Å². The Morgan fingerprint density at radius 1 is 1.16 bits per heavy atom. The Balaban J connectivity index is 2.07. The van der Waals surface area contributed by atoms with Crippen molar-refractivity contribution in [1.29, 1.82) is 0 Å². The number of carbonyl (C=O) groups excluding carboxylic acids is 2. The quantitative estimate of drug-likeness (QED) is 0.599. The van der Waals surface area contributed by atoms with E-state index in [1.54, 1.807) is 21.0 Å². The number of aryl methyl sites for hydroxylation is 2. The number of hydrogen-bond donors (Lipinski definition) is 1. The third kappa shape index (κ3) is 4.25. The smallest absolute Gasteiger partial charge is 0.339 e. The number of carbonyl (C=O) groups is 2. The van der Waals surface area contributed by atoms with E-state index in [1.807, 2.05) is 19.1 Å². The molecule has 0 aliphatic heterocycles. The van der Waals surface area contributed by atoms with Crippen molar-refractivity contribution in [3.05, 3.63) is 51.8 Å². The standard InChI is InChI=1S/C19H23NO4S/c1-11-6-7-16(23-4)14(8-11)9-25-10-15(21)18-12(2)17(13(3)20-18)19(22)24-5/h6-8,20H,9-10H2,1-5H3. The highest BCUT2D eigenvalue weighted by atomic mass is 32.2. The highest BCUT2D eigenvalue weighted by Crippen LogP contribution is 2.26. The van der Waals surface area contributed by atoms with Gasteiger partial charge in [-0.25, -0.2) is 4.79 Å². The minimum atomic E-state index is -0.428. The van der Waals surface area contributed by atoms with Gasteiger partial charge in [0.25, 0.3) is 0 Å². The number of benzene rings is 1. The van der Waals surface area contributed by atoms with E-state index in [0.29, 0.717) is 34.0 Å². The molecule has 0 fully saturated rings. The van der Waals surface area contributed by atoms with Gasteiger partial charge in [-0.15, -0.1) is 11.8 Å². The van der Waals surface area contributed by atoms with Crippen molar-refractivity contribution in [1.82, 2.24) is 4.98 Å². The van der Waals surface area contributed by atoms with Gasteiger partial charge >= 0.3 is 5.97 Å². The van der Waals surface area contributed by atoms with E-state index >= 15 is 0 Å². The highest BCUT2D eigenvalue weighted by Gasteiger charge is 2.22. The van der Waals surface area contributed by atoms with Crippen molar-refractivity contribution in [2.75, 3.05) is 20.0 Å². The predicted molar refractivity (Wildman–Crippen MR) is 99.8 cm³/mol. The topological polar surface area (TPSA) is 68.4 Å². The summed E-state index contributed by atoms with van der Waals surface area (Å²) in [5.74, 6) is 1.36. The number of Topliss-reactive ketones (excluding diaryl/α,β-unsaturated/α-hetero) is 1. The van der Waals surface area contributed by atoms with Crippen LogP contribution in [0.3, 0.4) is 0 Å². The molecule has 0 saturated heterocycles. The van der Waals surface area contributed by atoms with Gasteiger partial charge in [-0.1, -0.05) is 17.7 Å². The normalized spacial score (nSPS) is 10.6. The number of aromatic amines is 1. The Hall–Kier alpha value is -2.21. The third-order valence-corrected chi connectivity index (χ3v) is 5.01. The number of ketones is 1. The minimum absolute atomic E-state index is 0.0348. The van der Waals surface area contributed by atoms with Gasteiger partial charge in [0.2, 0.25) is 0 Å². The molecule has 0 saturated carbocycles. The van der Waals surface area contributed by atoms with Crippen molar-refractivity contribution >= 4 is 23.5 Å². The van der Waals surface area contributed by atoms with Gasteiger partial charge in [-0.05, 0) is 32.4 Å². The van der Waals surface area contributed by atoms with E-state index in [9.17, 15) is 9.59 Å². The van der Waals surface area contributed by atoms with Crippen LogP contribution in [0.25, 0.3) is 0 Å². The predicted octanol–water partition coefficient (Wildman–Crippen LogP) is 3.85. The van der Waals surface area contributed by atoms with Crippen LogP contribution in [0.2, 0.25) is 0 Å². The second-order valence-electron chi connectivity index (χ2n) is 5.85. The Morgan fingerprint density at radius 3 is 2.52 bits per heavy atom. The minimum Gasteiger partial charge on any atom is -0.496 e. The molecule has 5 nitrogen and oxygen atoms in total. The first-order valence-corrected chi connectivity index (χ1v) is 9.06. The second kappa shape index (κ2) is 8.25. The molecule has 2 rings (SSSR count). The molecule has 0 bridgehead atoms. The van der Waals surface area contributed by atoms with E-state index in [0.717, 1.165) is 16.9 Å². The summed E-state index contributed by atoms with van der Waals surface area (Å²) in [5, 5.41) is 0. The number of hydrogen-bond acceptors (Lipinski definition) is 5. The SMILES string of the molecule is COC(=O)c1c(C)[nH]c(C(=O)CSCc2cc(C)ccc2OC)c1C. The van der Waals surface area contributed by atoms with Gasteiger partial charge in [0.1, 0.15) is 5.75 Å². The van der Waals surface area contributed by atoms with Crippen LogP contribution in [0.5, 0.6) is 5.75 Å². The fourth-order valence-electron chi connectivity index (χ4n) is 2.78. The molecule has 0 radical (unpaired) electrons. The van der Waals surface area contributed by atoms with Crippen LogP contribution in [-0.4, -0.2) is 36.7 Å². The Morgan fingerprint density at radius 2 is 1.88 bits per heavy atom. The average molecular weight is 361 g/mol. The Kier molecular flexibility index (Phi) is 6.31. The number of thioether (sulfide) groups is 1. The van der Waals surface area contributed by atoms with Crippen LogP contribution >= 0.6 is 11.8 Å². The van der Waals surface area contributed by atoms with Crippen molar-refractivity contribution in [3.8, 4) is 5.75 Å². The molecular weight excluding hydrogens is 338 g/mol. The van der Waals surface area contributed by atoms with E-state index in [2.05, 4.69) is 11.1 Å². The van der Waals surface area contributed by atoms with Crippen LogP contribution in [0, 0.1) is 20.8 Å². The van der Waals surface area contributed by atoms with Crippen LogP contribution < -0.4 is 4.74 Å². The number of esters is 1. The number of H-pyrrole nitrogens is 1. The van der Waals surface area contributed by atoms with Crippen LogP contribution in [0.15, 0.2) is 18.2 Å². The van der Waals surface area contributed by atoms with Crippen molar-refractivity contribution in [2.45, 2.75) is 26.5 Å². The van der Waals surface area contributed by atoms with E-state index in [4.69, 9.17) is 9.47 Å². The lowest BCUT2D eigenvalue weighted by molar-refractivity contribution is 0.0599. The number of aromatic nitrogens is 1. The summed E-state index contributed by atoms with van der Waals surface area (Å²) >= 11 is 1.52. The average Bonchev–Trinajstić information content (AvgIpc) is 2.89. The lowest BCUT2D eigenvalue weighted by Crippen LogP contribution is -2.07. The van der Waals surface area contributed by atoms with E-state index in [1.165, 1.54) is 18.9 Å². The number of nitrogens with one attached hydrogen (secondary N) is 1. The van der Waals surface area contributed by atoms with Crippen LogP contribution in [0.4, 0.5) is 0 Å². The summed E-state index contributed by atoms with van der Waals surface area (Å²) in [5.41, 5.74) is 4.43. The van der Waals surface area contributed by atoms with Gasteiger partial charge in [0, 0.05) is 17.0 Å². The van der Waals surface area contributed by atoms with Crippen molar-refractivity contribution in [3.63, 3.8) is 0 Å². The fourth-order valence-corrected chi connectivity index (χ4v) is 3.66. The van der Waals surface area contributed by atoms with Crippen molar-refractivity contribution < 1.29 is 19.1 Å². The Bertz CT molecular complexity index is 795. The summed E-state index contributed by atoms with van der Waals surface area (Å²) < 4.78 is 10.1. The second-order valence-corrected chi connectivity index (χ2v) is 6.83. The monoisotopic (exact) mass is 361 g/mol. The number of ether oxygens (including phenoxy) is 2. The summed E-state index contributed by atoms with van der Waals surface area (Å²) in [6, 6.07) is 6.00. The molecule has 1 heterocycles. The molecule has 0 spiro atoms. The molecule has 0 atom stereocenters. The largest absolute Gasteiger partial charge is 0.496 e. The van der Waals surface area contributed by atoms with E-state index in [-0.39, 0.29) is 5.78 Å². The van der Waals surface area contributed by atoms with Crippen LogP contribution in [-0.2, 0) is 10.5 Å². The number of rotatable bonds is 7. The molecule has 0 amide bonds. The van der Waals surface area contributed by atoms with E-state index < -0.39 is 5.97 Å². The molecule has 25 heavy (non-hydrogen) atoms. The molecule has 1 aromatic heterocycles. The first kappa shape index (κ1) is 19.1. The van der Waals surface area contributed by atoms with Gasteiger partial charge in [0.15, 0.2) is 5.78 Å². The molecule has 0 unspecified atom stereocenters. The molecule has 134 valence electrons. The summed E-state index contributed by atoms with van der Waals surface area (Å²) in [6.07, 6.45) is 0. The molecule has 6 heteroatoms. The lowest BCUT2D eigenvalue weighted by atomic mass is 10.1. The molecule has 1 aromatic carbocycles. The fraction of sp³-hybridized carbons (Fsp3) is 0.368. The molecule has 0 aliphatic rings. The lowest BCUT2D eigenvalue weighted by Gasteiger charge is -2.09. The number of methoxy groups -OCH3 is 2. The van der Waals surface area contributed by atoms with Crippen LogP contribution in [0.1, 0.15) is 43.2 Å². The maximum Gasteiger partial charge on any atom is 0.339 e. The zero-order valence-electron chi connectivity index (χ0n) is 15.2. The van der Waals surface area contributed by atoms with Gasteiger partial charge in [-0.3, -0.25) is 4.79 Å². The summed E-state index contributed by atoms with van der Waals surface area (Å²) in [6.45, 7) is 5.55. The molecular formula is C19H23NO4S. The zero-order chi connectivity index (χ0) is 18.6. The summed E-state index contributed by atoms with van der Waals surface area (Å²) in [4.78, 5) is 27.4. The molecule has 2 aromatic rings. The third-order valence-electron chi connectivity index (χ3n) is 4.03.